The molecule has 0 unspecified atom stereocenters. The highest BCUT2D eigenvalue weighted by Gasteiger charge is 2.02. The summed E-state index contributed by atoms with van der Waals surface area (Å²) in [5, 5.41) is 8.54. The van der Waals surface area contributed by atoms with Gasteiger partial charge in [-0.2, -0.15) is 0 Å². The minimum atomic E-state index is -0.989. The maximum Gasteiger partial charge on any atom is 0.328 e. The quantitative estimate of drug-likeness (QED) is 0.808. The predicted molar refractivity (Wildman–Crippen MR) is 71.9 cm³/mol. The highest BCUT2D eigenvalue weighted by molar-refractivity contribution is 5.84. The normalized spacial score (nSPS) is 10.8. The molecule has 0 aliphatic heterocycles. The fourth-order valence-corrected chi connectivity index (χ4v) is 1.60. The Balaban J connectivity index is 2.15. The molecule has 0 bridgehead atoms. The van der Waals surface area contributed by atoms with Crippen LogP contribution in [0.3, 0.4) is 0 Å². The van der Waals surface area contributed by atoms with Crippen LogP contribution < -0.4 is 4.74 Å². The highest BCUT2D eigenvalue weighted by atomic mass is 16.5. The second-order valence-electron chi connectivity index (χ2n) is 3.82. The molecule has 0 amide bonds. The molecule has 5 nitrogen and oxygen atoms in total. The Hall–Kier alpha value is -2.56. The Morgan fingerprint density at radius 1 is 1.42 bits per heavy atom. The molecule has 0 aliphatic rings. The summed E-state index contributed by atoms with van der Waals surface area (Å²) in [6.45, 7) is 2.56. The van der Waals surface area contributed by atoms with Gasteiger partial charge in [-0.05, 0) is 37.3 Å². The van der Waals surface area contributed by atoms with Gasteiger partial charge in [0, 0.05) is 11.6 Å². The zero-order chi connectivity index (χ0) is 13.7. The number of ether oxygens (including phenoxy) is 1. The first kappa shape index (κ1) is 12.9. The van der Waals surface area contributed by atoms with Gasteiger partial charge in [-0.1, -0.05) is 0 Å². The molecule has 5 heteroatoms. The van der Waals surface area contributed by atoms with E-state index in [0.717, 1.165) is 17.4 Å². The molecule has 2 rings (SSSR count). The van der Waals surface area contributed by atoms with Crippen LogP contribution in [0.15, 0.2) is 36.5 Å². The average Bonchev–Trinajstić information content (AvgIpc) is 2.86. The summed E-state index contributed by atoms with van der Waals surface area (Å²) in [5.41, 5.74) is 1.56. The lowest BCUT2D eigenvalue weighted by Crippen LogP contribution is -1.90. The zero-order valence-electron chi connectivity index (χ0n) is 10.5. The largest absolute Gasteiger partial charge is 0.494 e. The second-order valence-corrected chi connectivity index (χ2v) is 3.82. The third-order valence-corrected chi connectivity index (χ3v) is 2.44. The molecule has 1 heterocycles. The summed E-state index contributed by atoms with van der Waals surface area (Å²) >= 11 is 0. The highest BCUT2D eigenvalue weighted by Crippen LogP contribution is 2.20. The van der Waals surface area contributed by atoms with E-state index in [1.807, 2.05) is 31.2 Å². The number of carbonyl (C=O) groups is 1. The molecule has 1 aromatic carbocycles. The van der Waals surface area contributed by atoms with E-state index in [2.05, 4.69) is 9.97 Å². The molecule has 98 valence electrons. The summed E-state index contributed by atoms with van der Waals surface area (Å²) in [7, 11) is 0. The van der Waals surface area contributed by atoms with Gasteiger partial charge in [-0.3, -0.25) is 0 Å². The van der Waals surface area contributed by atoms with E-state index in [1.54, 1.807) is 6.20 Å². The van der Waals surface area contributed by atoms with Gasteiger partial charge in [-0.15, -0.1) is 0 Å². The Morgan fingerprint density at radius 3 is 2.79 bits per heavy atom. The minimum absolute atomic E-state index is 0.629. The van der Waals surface area contributed by atoms with Crippen LogP contribution in [0, 0.1) is 0 Å². The van der Waals surface area contributed by atoms with Crippen molar-refractivity contribution in [2.75, 3.05) is 6.61 Å². The number of imidazole rings is 1. The van der Waals surface area contributed by atoms with E-state index in [-0.39, 0.29) is 0 Å². The number of carboxylic acids is 1. The van der Waals surface area contributed by atoms with E-state index in [1.165, 1.54) is 6.08 Å². The monoisotopic (exact) mass is 258 g/mol. The molecule has 0 atom stereocenters. The fraction of sp³-hybridized carbons (Fsp3) is 0.143. The predicted octanol–water partition coefficient (Wildman–Crippen LogP) is 2.57. The summed E-state index contributed by atoms with van der Waals surface area (Å²) in [6.07, 6.45) is 4.12. The first-order chi connectivity index (χ1) is 9.19. The number of rotatable bonds is 5. The van der Waals surface area contributed by atoms with Gasteiger partial charge in [0.05, 0.1) is 18.5 Å². The van der Waals surface area contributed by atoms with Crippen LogP contribution in [-0.2, 0) is 4.79 Å². The topological polar surface area (TPSA) is 75.2 Å². The van der Waals surface area contributed by atoms with Gasteiger partial charge in [0.2, 0.25) is 0 Å². The van der Waals surface area contributed by atoms with E-state index >= 15 is 0 Å². The van der Waals surface area contributed by atoms with Crippen LogP contribution >= 0.6 is 0 Å². The Morgan fingerprint density at radius 2 is 2.16 bits per heavy atom. The molecule has 0 saturated carbocycles. The number of aromatic amines is 1. The number of H-pyrrole nitrogens is 1. The molecular weight excluding hydrogens is 244 g/mol. The summed E-state index contributed by atoms with van der Waals surface area (Å²) in [6, 6.07) is 7.53. The first-order valence-corrected chi connectivity index (χ1v) is 5.88. The number of aromatic nitrogens is 2. The molecule has 0 fully saturated rings. The number of carboxylic acid groups (broad SMARTS) is 1. The van der Waals surface area contributed by atoms with Crippen LogP contribution in [-0.4, -0.2) is 27.7 Å². The zero-order valence-corrected chi connectivity index (χ0v) is 10.5. The summed E-state index contributed by atoms with van der Waals surface area (Å²) < 4.78 is 5.36. The number of hydrogen-bond donors (Lipinski definition) is 2. The number of benzene rings is 1. The van der Waals surface area contributed by atoms with E-state index in [9.17, 15) is 4.79 Å². The van der Waals surface area contributed by atoms with E-state index < -0.39 is 5.97 Å². The van der Waals surface area contributed by atoms with Crippen molar-refractivity contribution in [2.24, 2.45) is 0 Å². The van der Waals surface area contributed by atoms with Crippen molar-refractivity contribution in [1.82, 2.24) is 9.97 Å². The van der Waals surface area contributed by atoms with Crippen LogP contribution in [0.4, 0.5) is 0 Å². The van der Waals surface area contributed by atoms with Gasteiger partial charge in [0.15, 0.2) is 0 Å². The van der Waals surface area contributed by atoms with Gasteiger partial charge >= 0.3 is 5.97 Å². The maximum atomic E-state index is 10.4. The molecule has 0 spiro atoms. The van der Waals surface area contributed by atoms with E-state index in [0.29, 0.717) is 18.1 Å². The maximum absolute atomic E-state index is 10.4. The Bertz CT molecular complexity index is 585. The van der Waals surface area contributed by atoms with Gasteiger partial charge in [0.1, 0.15) is 11.6 Å². The van der Waals surface area contributed by atoms with Crippen molar-refractivity contribution in [1.29, 1.82) is 0 Å². The van der Waals surface area contributed by atoms with Crippen LogP contribution in [0.5, 0.6) is 5.75 Å². The third-order valence-electron chi connectivity index (χ3n) is 2.44. The lowest BCUT2D eigenvalue weighted by molar-refractivity contribution is -0.131. The number of hydrogen-bond acceptors (Lipinski definition) is 3. The van der Waals surface area contributed by atoms with Crippen molar-refractivity contribution in [3.63, 3.8) is 0 Å². The standard InChI is InChI=1S/C14H14N2O3/c1-2-19-12-6-3-10(4-7-12)14-15-9-11(16-14)5-8-13(17)18/h3-9H,2H2,1H3,(H,15,16)(H,17,18)/b8-5+. The van der Waals surface area contributed by atoms with E-state index in [4.69, 9.17) is 9.84 Å². The summed E-state index contributed by atoms with van der Waals surface area (Å²) in [4.78, 5) is 17.6. The van der Waals surface area contributed by atoms with Gasteiger partial charge in [0.25, 0.3) is 0 Å². The molecule has 0 radical (unpaired) electrons. The van der Waals surface area contributed by atoms with Gasteiger partial charge in [-0.25, -0.2) is 9.78 Å². The number of nitrogens with one attached hydrogen (secondary N) is 1. The molecule has 2 aromatic rings. The lowest BCUT2D eigenvalue weighted by atomic mass is 10.2. The minimum Gasteiger partial charge on any atom is -0.494 e. The molecule has 1 aromatic heterocycles. The molecule has 0 aliphatic carbocycles. The lowest BCUT2D eigenvalue weighted by Gasteiger charge is -2.03. The van der Waals surface area contributed by atoms with Gasteiger partial charge < -0.3 is 14.8 Å². The van der Waals surface area contributed by atoms with Crippen molar-refractivity contribution < 1.29 is 14.6 Å². The second kappa shape index (κ2) is 5.86. The number of aliphatic carboxylic acids is 1. The van der Waals surface area contributed by atoms with Crippen molar-refractivity contribution in [3.05, 3.63) is 42.2 Å². The van der Waals surface area contributed by atoms with Crippen molar-refractivity contribution in [3.8, 4) is 17.1 Å². The molecule has 0 saturated heterocycles. The average molecular weight is 258 g/mol. The molecule has 19 heavy (non-hydrogen) atoms. The fourth-order valence-electron chi connectivity index (χ4n) is 1.60. The van der Waals surface area contributed by atoms with Crippen LogP contribution in [0.1, 0.15) is 12.6 Å². The van der Waals surface area contributed by atoms with Crippen LogP contribution in [0.25, 0.3) is 17.5 Å². The van der Waals surface area contributed by atoms with Crippen molar-refractivity contribution in [2.45, 2.75) is 6.92 Å². The first-order valence-electron chi connectivity index (χ1n) is 5.88. The third kappa shape index (κ3) is 3.45. The Kier molecular flexibility index (Phi) is 3.97. The Labute approximate surface area is 110 Å². The molecular formula is C14H14N2O3. The number of nitrogens with zero attached hydrogens (tertiary/aromatic N) is 1. The van der Waals surface area contributed by atoms with Crippen molar-refractivity contribution >= 4 is 12.0 Å². The van der Waals surface area contributed by atoms with Crippen LogP contribution in [0.2, 0.25) is 0 Å². The molecule has 2 N–H and O–H groups in total. The SMILES string of the molecule is CCOc1ccc(-c2ncc(/C=C/C(=O)O)[nH]2)cc1. The smallest absolute Gasteiger partial charge is 0.328 e. The summed E-state index contributed by atoms with van der Waals surface area (Å²) in [5.74, 6) is 0.508.